The molecule has 1 amide bonds. The zero-order valence-electron chi connectivity index (χ0n) is 11.4. The van der Waals surface area contributed by atoms with E-state index in [0.29, 0.717) is 5.56 Å². The van der Waals surface area contributed by atoms with E-state index >= 15 is 0 Å². The van der Waals surface area contributed by atoms with Crippen LogP contribution in [0.2, 0.25) is 0 Å². The molecule has 2 nitrogen and oxygen atoms in total. The first kappa shape index (κ1) is 15.0. The van der Waals surface area contributed by atoms with Crippen molar-refractivity contribution >= 4 is 17.7 Å². The van der Waals surface area contributed by atoms with Gasteiger partial charge < -0.3 is 4.90 Å². The summed E-state index contributed by atoms with van der Waals surface area (Å²) < 4.78 is 13.9. The highest BCUT2D eigenvalue weighted by Gasteiger charge is 2.20. The van der Waals surface area contributed by atoms with Gasteiger partial charge in [-0.2, -0.15) is 11.8 Å². The topological polar surface area (TPSA) is 20.3 Å². The molecule has 0 aromatic heterocycles. The predicted molar refractivity (Wildman–Crippen MR) is 75.7 cm³/mol. The quantitative estimate of drug-likeness (QED) is 0.817. The highest BCUT2D eigenvalue weighted by molar-refractivity contribution is 7.98. The van der Waals surface area contributed by atoms with Gasteiger partial charge in [-0.05, 0) is 43.9 Å². The molecule has 0 saturated heterocycles. The van der Waals surface area contributed by atoms with Gasteiger partial charge in [0.25, 0.3) is 5.91 Å². The van der Waals surface area contributed by atoms with Gasteiger partial charge in [-0.3, -0.25) is 4.79 Å². The lowest BCUT2D eigenvalue weighted by molar-refractivity contribution is 0.0736. The van der Waals surface area contributed by atoms with Gasteiger partial charge in [0.15, 0.2) is 0 Å². The Morgan fingerprint density at radius 1 is 1.50 bits per heavy atom. The highest BCUT2D eigenvalue weighted by atomic mass is 32.2. The molecule has 1 aromatic rings. The third-order valence-corrected chi connectivity index (χ3v) is 3.79. The largest absolute Gasteiger partial charge is 0.339 e. The van der Waals surface area contributed by atoms with Crippen LogP contribution < -0.4 is 0 Å². The number of nitrogens with zero attached hydrogens (tertiary/aromatic N) is 1. The summed E-state index contributed by atoms with van der Waals surface area (Å²) in [5.41, 5.74) is 0.666. The number of carbonyl (C=O) groups excluding carboxylic acids is 1. The van der Waals surface area contributed by atoms with Crippen LogP contribution in [-0.2, 0) is 0 Å². The van der Waals surface area contributed by atoms with Crippen molar-refractivity contribution in [2.45, 2.75) is 26.3 Å². The van der Waals surface area contributed by atoms with Crippen LogP contribution in [0, 0.1) is 12.7 Å². The van der Waals surface area contributed by atoms with E-state index < -0.39 is 5.82 Å². The molecule has 0 aliphatic carbocycles. The molecule has 4 heteroatoms. The lowest BCUT2D eigenvalue weighted by Gasteiger charge is -2.25. The molecule has 0 spiro atoms. The SMILES string of the molecule is CSCCC(C)N(C)C(=O)c1cccc(C)c1F. The standard InChI is InChI=1S/C14H20FNOS/c1-10-6-5-7-12(13(10)15)14(17)16(3)11(2)8-9-18-4/h5-7,11H,8-9H2,1-4H3. The number of hydrogen-bond acceptors (Lipinski definition) is 2. The third-order valence-electron chi connectivity index (χ3n) is 3.14. The van der Waals surface area contributed by atoms with Crippen molar-refractivity contribution in [3.8, 4) is 0 Å². The first-order valence-corrected chi connectivity index (χ1v) is 7.39. The maximum Gasteiger partial charge on any atom is 0.256 e. The fourth-order valence-corrected chi connectivity index (χ4v) is 2.26. The Kier molecular flexibility index (Phi) is 5.66. The Hall–Kier alpha value is -1.03. The molecule has 0 bridgehead atoms. The molecule has 1 atom stereocenters. The Bertz CT molecular complexity index is 422. The molecule has 1 rings (SSSR count). The van der Waals surface area contributed by atoms with Crippen molar-refractivity contribution in [2.75, 3.05) is 19.1 Å². The minimum atomic E-state index is -0.411. The summed E-state index contributed by atoms with van der Waals surface area (Å²) >= 11 is 1.75. The molecule has 18 heavy (non-hydrogen) atoms. The fourth-order valence-electron chi connectivity index (χ4n) is 1.68. The third kappa shape index (κ3) is 3.48. The van der Waals surface area contributed by atoms with Crippen LogP contribution in [0.1, 0.15) is 29.3 Å². The van der Waals surface area contributed by atoms with Crippen LogP contribution in [0.15, 0.2) is 18.2 Å². The molecule has 0 heterocycles. The van der Waals surface area contributed by atoms with E-state index in [1.807, 2.05) is 13.2 Å². The van der Waals surface area contributed by atoms with Crippen molar-refractivity contribution < 1.29 is 9.18 Å². The summed E-state index contributed by atoms with van der Waals surface area (Å²) in [6.07, 6.45) is 2.95. The smallest absolute Gasteiger partial charge is 0.256 e. The van der Waals surface area contributed by atoms with Gasteiger partial charge in [-0.15, -0.1) is 0 Å². The number of thioether (sulfide) groups is 1. The van der Waals surface area contributed by atoms with E-state index in [1.54, 1.807) is 48.8 Å². The average Bonchev–Trinajstić information content (AvgIpc) is 2.37. The van der Waals surface area contributed by atoms with Crippen LogP contribution in [0.3, 0.4) is 0 Å². The summed E-state index contributed by atoms with van der Waals surface area (Å²) in [5.74, 6) is 0.339. The Labute approximate surface area is 113 Å². The monoisotopic (exact) mass is 269 g/mol. The summed E-state index contributed by atoms with van der Waals surface area (Å²) in [7, 11) is 1.73. The fraction of sp³-hybridized carbons (Fsp3) is 0.500. The van der Waals surface area contributed by atoms with Gasteiger partial charge >= 0.3 is 0 Å². The summed E-state index contributed by atoms with van der Waals surface area (Å²) in [6.45, 7) is 3.66. The van der Waals surface area contributed by atoms with E-state index in [-0.39, 0.29) is 17.5 Å². The lowest BCUT2D eigenvalue weighted by Crippen LogP contribution is -2.36. The Balaban J connectivity index is 2.83. The number of aryl methyl sites for hydroxylation is 1. The van der Waals surface area contributed by atoms with Crippen molar-refractivity contribution in [2.24, 2.45) is 0 Å². The van der Waals surface area contributed by atoms with E-state index in [9.17, 15) is 9.18 Å². The maximum atomic E-state index is 13.9. The second kappa shape index (κ2) is 6.78. The number of amides is 1. The van der Waals surface area contributed by atoms with Gasteiger partial charge in [-0.25, -0.2) is 4.39 Å². The van der Waals surface area contributed by atoms with Gasteiger partial charge in [0.05, 0.1) is 5.56 Å². The van der Waals surface area contributed by atoms with Crippen LogP contribution >= 0.6 is 11.8 Å². The zero-order chi connectivity index (χ0) is 13.7. The second-order valence-corrected chi connectivity index (χ2v) is 5.47. The van der Waals surface area contributed by atoms with Crippen LogP contribution in [0.5, 0.6) is 0 Å². The van der Waals surface area contributed by atoms with Crippen LogP contribution in [0.25, 0.3) is 0 Å². The Morgan fingerprint density at radius 3 is 2.78 bits per heavy atom. The molecular formula is C14H20FNOS. The number of benzene rings is 1. The van der Waals surface area contributed by atoms with Crippen molar-refractivity contribution in [1.29, 1.82) is 0 Å². The summed E-state index contributed by atoms with van der Waals surface area (Å²) in [4.78, 5) is 13.8. The van der Waals surface area contributed by atoms with E-state index in [1.165, 1.54) is 0 Å². The molecular weight excluding hydrogens is 249 g/mol. The molecule has 1 aromatic carbocycles. The number of hydrogen-bond donors (Lipinski definition) is 0. The van der Waals surface area contributed by atoms with Crippen LogP contribution in [0.4, 0.5) is 4.39 Å². The molecule has 0 saturated carbocycles. The van der Waals surface area contributed by atoms with Gasteiger partial charge in [-0.1, -0.05) is 12.1 Å². The second-order valence-electron chi connectivity index (χ2n) is 4.48. The molecule has 0 aliphatic rings. The van der Waals surface area contributed by atoms with Gasteiger partial charge in [0.1, 0.15) is 5.82 Å². The van der Waals surface area contributed by atoms with Gasteiger partial charge in [0.2, 0.25) is 0 Å². The number of rotatable bonds is 5. The molecule has 100 valence electrons. The van der Waals surface area contributed by atoms with Crippen molar-refractivity contribution in [3.63, 3.8) is 0 Å². The first-order chi connectivity index (χ1) is 8.49. The average molecular weight is 269 g/mol. The minimum absolute atomic E-state index is 0.116. The summed E-state index contributed by atoms with van der Waals surface area (Å²) in [6, 6.07) is 5.04. The summed E-state index contributed by atoms with van der Waals surface area (Å²) in [5, 5.41) is 0. The lowest BCUT2D eigenvalue weighted by atomic mass is 10.1. The van der Waals surface area contributed by atoms with Crippen molar-refractivity contribution in [1.82, 2.24) is 4.90 Å². The molecule has 0 aliphatic heterocycles. The van der Waals surface area contributed by atoms with Gasteiger partial charge in [0, 0.05) is 13.1 Å². The molecule has 0 fully saturated rings. The molecule has 1 unspecified atom stereocenters. The molecule has 0 radical (unpaired) electrons. The van der Waals surface area contributed by atoms with E-state index in [2.05, 4.69) is 0 Å². The van der Waals surface area contributed by atoms with Crippen molar-refractivity contribution in [3.05, 3.63) is 35.1 Å². The maximum absolute atomic E-state index is 13.9. The van der Waals surface area contributed by atoms with Crippen LogP contribution in [-0.4, -0.2) is 35.9 Å². The normalized spacial score (nSPS) is 12.3. The van der Waals surface area contributed by atoms with E-state index in [4.69, 9.17) is 0 Å². The van der Waals surface area contributed by atoms with E-state index in [0.717, 1.165) is 12.2 Å². The highest BCUT2D eigenvalue weighted by Crippen LogP contribution is 2.16. The minimum Gasteiger partial charge on any atom is -0.339 e. The Morgan fingerprint density at radius 2 is 2.17 bits per heavy atom. The first-order valence-electron chi connectivity index (χ1n) is 6.00. The molecule has 0 N–H and O–H groups in total. The number of halogens is 1. The number of carbonyl (C=O) groups is 1. The predicted octanol–water partition coefficient (Wildman–Crippen LogP) is 3.35. The zero-order valence-corrected chi connectivity index (χ0v) is 12.2.